The quantitative estimate of drug-likeness (QED) is 0.913. The van der Waals surface area contributed by atoms with Crippen LogP contribution in [0.3, 0.4) is 0 Å². The number of ether oxygens (including phenoxy) is 2. The van der Waals surface area contributed by atoms with Crippen molar-refractivity contribution in [3.05, 3.63) is 65.7 Å². The summed E-state index contributed by atoms with van der Waals surface area (Å²) < 4.78 is 10.4. The third kappa shape index (κ3) is 3.86. The predicted molar refractivity (Wildman–Crippen MR) is 86.7 cm³/mol. The van der Waals surface area contributed by atoms with Gasteiger partial charge >= 0.3 is 0 Å². The van der Waals surface area contributed by atoms with Gasteiger partial charge in [0.1, 0.15) is 11.5 Å². The molecule has 0 saturated carbocycles. The molecule has 3 heteroatoms. The van der Waals surface area contributed by atoms with Crippen molar-refractivity contribution in [3.8, 4) is 11.5 Å². The minimum atomic E-state index is -0.0239. The monoisotopic (exact) mass is 283 g/mol. The van der Waals surface area contributed by atoms with Crippen LogP contribution in [0.4, 0.5) is 0 Å². The Bertz CT molecular complexity index is 549. The summed E-state index contributed by atoms with van der Waals surface area (Å²) >= 11 is 0. The number of benzene rings is 2. The molecule has 0 amide bonds. The molecule has 2 aromatic rings. The van der Waals surface area contributed by atoms with E-state index in [0.29, 0.717) is 0 Å². The highest BCUT2D eigenvalue weighted by Crippen LogP contribution is 2.27. The molecule has 0 aliphatic carbocycles. The second-order valence-electron chi connectivity index (χ2n) is 4.90. The van der Waals surface area contributed by atoms with Crippen molar-refractivity contribution in [2.75, 3.05) is 14.2 Å². The van der Waals surface area contributed by atoms with Crippen LogP contribution in [0, 0.1) is 0 Å². The molecule has 0 heterocycles. The van der Waals surface area contributed by atoms with Crippen molar-refractivity contribution in [1.29, 1.82) is 0 Å². The smallest absolute Gasteiger partial charge is 0.118 e. The van der Waals surface area contributed by atoms with Crippen LogP contribution in [-0.2, 0) is 0 Å². The Labute approximate surface area is 126 Å². The molecule has 0 bridgehead atoms. The lowest BCUT2D eigenvalue weighted by Gasteiger charge is -2.12. The molecule has 0 radical (unpaired) electrons. The van der Waals surface area contributed by atoms with Gasteiger partial charge in [-0.3, -0.25) is 0 Å². The Balaban J connectivity index is 2.41. The van der Waals surface area contributed by atoms with E-state index in [4.69, 9.17) is 15.2 Å². The van der Waals surface area contributed by atoms with Gasteiger partial charge in [0, 0.05) is 6.04 Å². The Morgan fingerprint density at radius 1 is 0.857 bits per heavy atom. The van der Waals surface area contributed by atoms with E-state index in [1.54, 1.807) is 14.2 Å². The summed E-state index contributed by atoms with van der Waals surface area (Å²) in [6.07, 6.45) is 2.06. The average molecular weight is 283 g/mol. The highest BCUT2D eigenvalue weighted by molar-refractivity contribution is 5.80. The van der Waals surface area contributed by atoms with Crippen LogP contribution in [0.25, 0.3) is 5.57 Å². The van der Waals surface area contributed by atoms with Gasteiger partial charge in [0.15, 0.2) is 0 Å². The number of hydrogen-bond acceptors (Lipinski definition) is 3. The summed E-state index contributed by atoms with van der Waals surface area (Å²) in [7, 11) is 3.33. The fraction of sp³-hybridized carbons (Fsp3) is 0.222. The normalized spacial score (nSPS) is 11.6. The van der Waals surface area contributed by atoms with E-state index in [1.165, 1.54) is 0 Å². The summed E-state index contributed by atoms with van der Waals surface area (Å²) in [5.74, 6) is 1.68. The maximum atomic E-state index is 5.95. The fourth-order valence-electron chi connectivity index (χ4n) is 2.16. The first-order valence-corrected chi connectivity index (χ1v) is 6.90. The SMILES string of the molecule is COc1ccc(C(=CC(C)N)c2ccc(OC)cc2)cc1. The van der Waals surface area contributed by atoms with Gasteiger partial charge < -0.3 is 15.2 Å². The number of nitrogens with two attached hydrogens (primary N) is 1. The topological polar surface area (TPSA) is 44.5 Å². The standard InChI is InChI=1S/C18H21NO2/c1-13(19)12-18(14-4-8-16(20-2)9-5-14)15-6-10-17(21-3)11-7-15/h4-13H,19H2,1-3H3. The second-order valence-corrected chi connectivity index (χ2v) is 4.90. The van der Waals surface area contributed by atoms with E-state index in [-0.39, 0.29) is 6.04 Å². The molecular formula is C18H21NO2. The van der Waals surface area contributed by atoms with Crippen molar-refractivity contribution >= 4 is 5.57 Å². The number of hydrogen-bond donors (Lipinski definition) is 1. The Hall–Kier alpha value is -2.26. The fourth-order valence-corrected chi connectivity index (χ4v) is 2.16. The van der Waals surface area contributed by atoms with Crippen molar-refractivity contribution in [1.82, 2.24) is 0 Å². The molecule has 1 unspecified atom stereocenters. The summed E-state index contributed by atoms with van der Waals surface area (Å²) in [6.45, 7) is 1.97. The Morgan fingerprint density at radius 3 is 1.52 bits per heavy atom. The van der Waals surface area contributed by atoms with Gasteiger partial charge in [-0.05, 0) is 47.9 Å². The van der Waals surface area contributed by atoms with E-state index in [1.807, 2.05) is 55.5 Å². The van der Waals surface area contributed by atoms with Crippen LogP contribution in [0.15, 0.2) is 54.6 Å². The maximum Gasteiger partial charge on any atom is 0.118 e. The molecule has 0 fully saturated rings. The van der Waals surface area contributed by atoms with Gasteiger partial charge in [0.2, 0.25) is 0 Å². The zero-order valence-electron chi connectivity index (χ0n) is 12.7. The largest absolute Gasteiger partial charge is 0.497 e. The van der Waals surface area contributed by atoms with E-state index >= 15 is 0 Å². The highest BCUT2D eigenvalue weighted by Gasteiger charge is 2.07. The van der Waals surface area contributed by atoms with E-state index < -0.39 is 0 Å². The first-order valence-electron chi connectivity index (χ1n) is 6.90. The summed E-state index contributed by atoms with van der Waals surface area (Å²) in [5, 5.41) is 0. The van der Waals surface area contributed by atoms with Crippen LogP contribution in [-0.4, -0.2) is 20.3 Å². The molecule has 1 atom stereocenters. The van der Waals surface area contributed by atoms with Crippen molar-refractivity contribution in [2.24, 2.45) is 5.73 Å². The Morgan fingerprint density at radius 2 is 1.24 bits per heavy atom. The molecule has 110 valence electrons. The summed E-state index contributed by atoms with van der Waals surface area (Å²) in [5.41, 5.74) is 9.28. The molecule has 0 aliphatic heterocycles. The van der Waals surface area contributed by atoms with E-state index in [9.17, 15) is 0 Å². The first kappa shape index (κ1) is 15.1. The first-order chi connectivity index (χ1) is 10.1. The van der Waals surface area contributed by atoms with Gasteiger partial charge in [0.25, 0.3) is 0 Å². The van der Waals surface area contributed by atoms with Crippen molar-refractivity contribution < 1.29 is 9.47 Å². The number of rotatable bonds is 5. The van der Waals surface area contributed by atoms with Crippen molar-refractivity contribution in [2.45, 2.75) is 13.0 Å². The van der Waals surface area contributed by atoms with Gasteiger partial charge in [-0.2, -0.15) is 0 Å². The van der Waals surface area contributed by atoms with Gasteiger partial charge in [0.05, 0.1) is 14.2 Å². The lowest BCUT2D eigenvalue weighted by atomic mass is 9.96. The molecule has 2 N–H and O–H groups in total. The number of methoxy groups -OCH3 is 2. The highest BCUT2D eigenvalue weighted by atomic mass is 16.5. The second kappa shape index (κ2) is 6.95. The van der Waals surface area contributed by atoms with Gasteiger partial charge in [-0.25, -0.2) is 0 Å². The van der Waals surface area contributed by atoms with E-state index in [2.05, 4.69) is 6.08 Å². The van der Waals surface area contributed by atoms with Crippen molar-refractivity contribution in [3.63, 3.8) is 0 Å². The van der Waals surface area contributed by atoms with E-state index in [0.717, 1.165) is 28.2 Å². The lowest BCUT2D eigenvalue weighted by Crippen LogP contribution is -2.11. The zero-order valence-corrected chi connectivity index (χ0v) is 12.7. The Kier molecular flexibility index (Phi) is 5.01. The van der Waals surface area contributed by atoms with Gasteiger partial charge in [-0.1, -0.05) is 30.3 Å². The van der Waals surface area contributed by atoms with Gasteiger partial charge in [-0.15, -0.1) is 0 Å². The maximum absolute atomic E-state index is 5.95. The molecule has 3 nitrogen and oxygen atoms in total. The predicted octanol–water partition coefficient (Wildman–Crippen LogP) is 3.48. The van der Waals surface area contributed by atoms with Crippen LogP contribution in [0.1, 0.15) is 18.1 Å². The summed E-state index contributed by atoms with van der Waals surface area (Å²) in [4.78, 5) is 0. The zero-order chi connectivity index (χ0) is 15.2. The molecule has 0 aromatic heterocycles. The molecule has 0 saturated heterocycles. The van der Waals surface area contributed by atoms with Crippen LogP contribution >= 0.6 is 0 Å². The molecule has 0 spiro atoms. The van der Waals surface area contributed by atoms with Crippen LogP contribution in [0.5, 0.6) is 11.5 Å². The molecular weight excluding hydrogens is 262 g/mol. The average Bonchev–Trinajstić information content (AvgIpc) is 2.53. The third-order valence-electron chi connectivity index (χ3n) is 3.23. The minimum absolute atomic E-state index is 0.0239. The van der Waals surface area contributed by atoms with Crippen LogP contribution < -0.4 is 15.2 Å². The molecule has 2 rings (SSSR count). The lowest BCUT2D eigenvalue weighted by molar-refractivity contribution is 0.414. The van der Waals surface area contributed by atoms with Crippen LogP contribution in [0.2, 0.25) is 0 Å². The third-order valence-corrected chi connectivity index (χ3v) is 3.23. The molecule has 21 heavy (non-hydrogen) atoms. The molecule has 0 aliphatic rings. The molecule has 2 aromatic carbocycles. The minimum Gasteiger partial charge on any atom is -0.497 e. The summed E-state index contributed by atoms with van der Waals surface area (Å²) in [6, 6.07) is 15.9.